The summed E-state index contributed by atoms with van der Waals surface area (Å²) in [5.74, 6) is -1.31. The van der Waals surface area contributed by atoms with Crippen molar-refractivity contribution < 1.29 is 18.6 Å². The highest BCUT2D eigenvalue weighted by Gasteiger charge is 2.21. The number of benzene rings is 1. The van der Waals surface area contributed by atoms with Crippen molar-refractivity contribution in [2.24, 2.45) is 0 Å². The van der Waals surface area contributed by atoms with Gasteiger partial charge in [-0.25, -0.2) is 8.78 Å². The summed E-state index contributed by atoms with van der Waals surface area (Å²) in [4.78, 5) is 0. The van der Waals surface area contributed by atoms with Gasteiger partial charge in [0.25, 0.3) is 0 Å². The van der Waals surface area contributed by atoms with Crippen molar-refractivity contribution in [1.82, 2.24) is 0 Å². The van der Waals surface area contributed by atoms with Crippen LogP contribution < -0.4 is 0 Å². The minimum absolute atomic E-state index is 0.202. The Hall–Kier alpha value is -1.00. The maximum absolute atomic E-state index is 13.8. The average Bonchev–Trinajstić information content (AvgIpc) is 2.87. The van der Waals surface area contributed by atoms with Gasteiger partial charge in [0.05, 0.1) is 17.8 Å². The Morgan fingerprint density at radius 3 is 2.89 bits per heavy atom. The Kier molecular flexibility index (Phi) is 4.88. The lowest BCUT2D eigenvalue weighted by Crippen LogP contribution is -2.08. The van der Waals surface area contributed by atoms with E-state index in [0.29, 0.717) is 18.4 Å². The second kappa shape index (κ2) is 6.44. The molecule has 2 rings (SSSR count). The maximum atomic E-state index is 13.8. The van der Waals surface area contributed by atoms with Crippen LogP contribution in [0.5, 0.6) is 0 Å². The molecule has 0 amide bonds. The number of rotatable bonds is 5. The van der Waals surface area contributed by atoms with Crippen molar-refractivity contribution in [2.45, 2.75) is 51.2 Å². The number of hydrogen-bond donors (Lipinski definition) is 1. The smallest absolute Gasteiger partial charge is 0.134 e. The van der Waals surface area contributed by atoms with E-state index in [0.717, 1.165) is 25.9 Å². The molecule has 2 atom stereocenters. The van der Waals surface area contributed by atoms with Gasteiger partial charge in [-0.2, -0.15) is 0 Å². The molecule has 0 aromatic heterocycles. The van der Waals surface area contributed by atoms with Gasteiger partial charge >= 0.3 is 0 Å². The molecule has 1 aliphatic heterocycles. The first-order chi connectivity index (χ1) is 9.09. The molecule has 4 heteroatoms. The fourth-order valence-electron chi connectivity index (χ4n) is 2.54. The molecule has 1 fully saturated rings. The van der Waals surface area contributed by atoms with Gasteiger partial charge in [-0.05, 0) is 50.7 Å². The molecular weight excluding hydrogens is 250 g/mol. The van der Waals surface area contributed by atoms with E-state index in [1.165, 1.54) is 12.1 Å². The zero-order valence-corrected chi connectivity index (χ0v) is 11.2. The van der Waals surface area contributed by atoms with Gasteiger partial charge in [-0.1, -0.05) is 6.07 Å². The normalized spacial score (nSPS) is 20.7. The van der Waals surface area contributed by atoms with Crippen LogP contribution in [-0.4, -0.2) is 17.8 Å². The Morgan fingerprint density at radius 2 is 2.21 bits per heavy atom. The molecule has 1 saturated heterocycles. The molecule has 1 N–H and O–H groups in total. The minimum atomic E-state index is -1.08. The third-order valence-corrected chi connectivity index (χ3v) is 3.68. The van der Waals surface area contributed by atoms with Crippen LogP contribution >= 0.6 is 0 Å². The Labute approximate surface area is 112 Å². The molecule has 1 aliphatic rings. The first kappa shape index (κ1) is 14.4. The van der Waals surface area contributed by atoms with Crippen molar-refractivity contribution in [3.63, 3.8) is 0 Å². The van der Waals surface area contributed by atoms with Crippen LogP contribution in [0.1, 0.15) is 49.3 Å². The summed E-state index contributed by atoms with van der Waals surface area (Å²) >= 11 is 0. The SMILES string of the molecule is Cc1ccc(F)c(C(O)CCCC2CCCO2)c1F. The first-order valence-electron chi connectivity index (χ1n) is 6.83. The van der Waals surface area contributed by atoms with Crippen LogP contribution in [-0.2, 0) is 4.74 Å². The van der Waals surface area contributed by atoms with Gasteiger partial charge in [-0.15, -0.1) is 0 Å². The molecule has 0 aliphatic carbocycles. The molecule has 1 aromatic carbocycles. The van der Waals surface area contributed by atoms with Gasteiger partial charge < -0.3 is 9.84 Å². The second-order valence-corrected chi connectivity index (χ2v) is 5.17. The van der Waals surface area contributed by atoms with Crippen molar-refractivity contribution in [3.8, 4) is 0 Å². The van der Waals surface area contributed by atoms with E-state index in [-0.39, 0.29) is 11.7 Å². The molecule has 106 valence electrons. The summed E-state index contributed by atoms with van der Waals surface area (Å²) in [5, 5.41) is 9.96. The zero-order valence-electron chi connectivity index (χ0n) is 11.2. The van der Waals surface area contributed by atoms with E-state index in [2.05, 4.69) is 0 Å². The fourth-order valence-corrected chi connectivity index (χ4v) is 2.54. The molecule has 0 spiro atoms. The van der Waals surface area contributed by atoms with Crippen molar-refractivity contribution in [1.29, 1.82) is 0 Å². The highest BCUT2D eigenvalue weighted by molar-refractivity contribution is 5.28. The molecule has 0 radical (unpaired) electrons. The number of aryl methyl sites for hydroxylation is 1. The Bertz CT molecular complexity index is 428. The average molecular weight is 270 g/mol. The maximum Gasteiger partial charge on any atom is 0.134 e. The lowest BCUT2D eigenvalue weighted by Gasteiger charge is -2.15. The first-order valence-corrected chi connectivity index (χ1v) is 6.83. The Morgan fingerprint density at radius 1 is 1.42 bits per heavy atom. The summed E-state index contributed by atoms with van der Waals surface area (Å²) in [6.07, 6.45) is 3.19. The van der Waals surface area contributed by atoms with E-state index in [9.17, 15) is 13.9 Å². The predicted molar refractivity (Wildman–Crippen MR) is 68.9 cm³/mol. The summed E-state index contributed by atoms with van der Waals surface area (Å²) in [6.45, 7) is 2.37. The third-order valence-electron chi connectivity index (χ3n) is 3.68. The quantitative estimate of drug-likeness (QED) is 0.884. The molecule has 1 heterocycles. The van der Waals surface area contributed by atoms with E-state index >= 15 is 0 Å². The summed E-state index contributed by atoms with van der Waals surface area (Å²) < 4.78 is 32.9. The van der Waals surface area contributed by atoms with Gasteiger partial charge in [0.2, 0.25) is 0 Å². The lowest BCUT2D eigenvalue weighted by molar-refractivity contribution is 0.0935. The van der Waals surface area contributed by atoms with E-state index in [1.54, 1.807) is 6.92 Å². The van der Waals surface area contributed by atoms with E-state index in [4.69, 9.17) is 4.74 Å². The second-order valence-electron chi connectivity index (χ2n) is 5.17. The minimum Gasteiger partial charge on any atom is -0.388 e. The summed E-state index contributed by atoms with van der Waals surface area (Å²) in [6, 6.07) is 2.59. The number of aliphatic hydroxyl groups excluding tert-OH is 1. The van der Waals surface area contributed by atoms with Crippen LogP contribution in [0.25, 0.3) is 0 Å². The number of ether oxygens (including phenoxy) is 1. The standard InChI is InChI=1S/C15H20F2O2/c1-10-7-8-12(16)14(15(10)17)13(18)6-2-4-11-5-3-9-19-11/h7-8,11,13,18H,2-6,9H2,1H3. The van der Waals surface area contributed by atoms with Crippen LogP contribution in [0.4, 0.5) is 8.78 Å². The molecule has 0 bridgehead atoms. The third kappa shape index (κ3) is 3.51. The van der Waals surface area contributed by atoms with Crippen molar-refractivity contribution in [3.05, 3.63) is 34.9 Å². The van der Waals surface area contributed by atoms with Crippen LogP contribution in [0.3, 0.4) is 0 Å². The van der Waals surface area contributed by atoms with Gasteiger partial charge in [0, 0.05) is 6.61 Å². The predicted octanol–water partition coefficient (Wildman–Crippen LogP) is 3.66. The van der Waals surface area contributed by atoms with Crippen LogP contribution in [0.15, 0.2) is 12.1 Å². The summed E-state index contributed by atoms with van der Waals surface area (Å²) in [5.41, 5.74) is 0.155. The molecular formula is C15H20F2O2. The number of halogens is 2. The largest absolute Gasteiger partial charge is 0.388 e. The fraction of sp³-hybridized carbons (Fsp3) is 0.600. The Balaban J connectivity index is 1.92. The van der Waals surface area contributed by atoms with Gasteiger partial charge in [-0.3, -0.25) is 0 Å². The van der Waals surface area contributed by atoms with Crippen molar-refractivity contribution in [2.75, 3.05) is 6.61 Å². The van der Waals surface area contributed by atoms with Gasteiger partial charge in [0.1, 0.15) is 11.6 Å². The van der Waals surface area contributed by atoms with Crippen LogP contribution in [0.2, 0.25) is 0 Å². The highest BCUT2D eigenvalue weighted by Crippen LogP contribution is 2.28. The van der Waals surface area contributed by atoms with Gasteiger partial charge in [0.15, 0.2) is 0 Å². The van der Waals surface area contributed by atoms with Crippen molar-refractivity contribution >= 4 is 0 Å². The van der Waals surface area contributed by atoms with E-state index < -0.39 is 17.7 Å². The topological polar surface area (TPSA) is 29.5 Å². The zero-order chi connectivity index (χ0) is 13.8. The molecule has 19 heavy (non-hydrogen) atoms. The molecule has 0 saturated carbocycles. The lowest BCUT2D eigenvalue weighted by atomic mass is 9.99. The highest BCUT2D eigenvalue weighted by atomic mass is 19.1. The molecule has 2 nitrogen and oxygen atoms in total. The van der Waals surface area contributed by atoms with E-state index in [1.807, 2.05) is 0 Å². The summed E-state index contributed by atoms with van der Waals surface area (Å²) in [7, 11) is 0. The number of hydrogen-bond acceptors (Lipinski definition) is 2. The molecule has 1 aromatic rings. The number of aliphatic hydroxyl groups is 1. The molecule has 2 unspecified atom stereocenters. The monoisotopic (exact) mass is 270 g/mol. The van der Waals surface area contributed by atoms with Crippen LogP contribution in [0, 0.1) is 18.6 Å².